The fourth-order valence-corrected chi connectivity index (χ4v) is 5.11. The molecule has 1 atom stereocenters. The summed E-state index contributed by atoms with van der Waals surface area (Å²) in [5, 5.41) is 1.84. The van der Waals surface area contributed by atoms with E-state index in [1.54, 1.807) is 6.07 Å². The van der Waals surface area contributed by atoms with Crippen LogP contribution in [0.15, 0.2) is 42.5 Å². The SMILES string of the molecule is CCCCCCCCCCCCCCOP(=O)(OCCOCCOCC)OOc1cccc2ccccc12. The molecule has 2 aromatic carbocycles. The molecule has 0 amide bonds. The monoisotopic (exact) mass is 552 g/mol. The molecule has 0 N–H and O–H groups in total. The van der Waals surface area contributed by atoms with E-state index in [9.17, 15) is 4.57 Å². The van der Waals surface area contributed by atoms with Gasteiger partial charge in [-0.2, -0.15) is 0 Å². The molecule has 0 fully saturated rings. The average molecular weight is 553 g/mol. The van der Waals surface area contributed by atoms with Crippen molar-refractivity contribution in [2.75, 3.05) is 39.6 Å². The van der Waals surface area contributed by atoms with Crippen LogP contribution in [0.4, 0.5) is 0 Å². The highest BCUT2D eigenvalue weighted by Crippen LogP contribution is 2.50. The van der Waals surface area contributed by atoms with E-state index < -0.39 is 7.82 Å². The first-order valence-electron chi connectivity index (χ1n) is 14.6. The van der Waals surface area contributed by atoms with E-state index in [1.807, 2.05) is 43.3 Å². The zero-order valence-electron chi connectivity index (χ0n) is 23.6. The van der Waals surface area contributed by atoms with E-state index in [-0.39, 0.29) is 19.8 Å². The van der Waals surface area contributed by atoms with Gasteiger partial charge < -0.3 is 14.4 Å². The second-order valence-corrected chi connectivity index (χ2v) is 11.0. The Bertz CT molecular complexity index is 887. The van der Waals surface area contributed by atoms with Crippen molar-refractivity contribution in [3.8, 4) is 5.75 Å². The zero-order valence-corrected chi connectivity index (χ0v) is 24.5. The van der Waals surface area contributed by atoms with Crippen LogP contribution in [0.25, 0.3) is 10.8 Å². The first-order chi connectivity index (χ1) is 18.7. The topological polar surface area (TPSA) is 72.5 Å². The predicted octanol–water partition coefficient (Wildman–Crippen LogP) is 9.05. The van der Waals surface area contributed by atoms with Crippen LogP contribution in [-0.2, 0) is 27.8 Å². The molecule has 0 bridgehead atoms. The quantitative estimate of drug-likeness (QED) is 0.0526. The van der Waals surface area contributed by atoms with Gasteiger partial charge in [0, 0.05) is 12.0 Å². The summed E-state index contributed by atoms with van der Waals surface area (Å²) < 4.78 is 40.4. The molecule has 0 aliphatic carbocycles. The highest BCUT2D eigenvalue weighted by atomic mass is 31.2. The normalized spacial score (nSPS) is 13.1. The second-order valence-electron chi connectivity index (χ2n) is 9.45. The summed E-state index contributed by atoms with van der Waals surface area (Å²) in [5.74, 6) is 0.453. The Morgan fingerprint density at radius 1 is 0.605 bits per heavy atom. The largest absolute Gasteiger partial charge is 0.511 e. The van der Waals surface area contributed by atoms with Crippen LogP contribution in [0.1, 0.15) is 90.9 Å². The summed E-state index contributed by atoms with van der Waals surface area (Å²) in [5.41, 5.74) is 0. The van der Waals surface area contributed by atoms with E-state index in [4.69, 9.17) is 28.1 Å². The molecule has 7 nitrogen and oxygen atoms in total. The second kappa shape index (κ2) is 21.4. The molecule has 0 aliphatic heterocycles. The van der Waals surface area contributed by atoms with Crippen molar-refractivity contribution in [1.29, 1.82) is 0 Å². The maximum absolute atomic E-state index is 13.3. The maximum atomic E-state index is 13.3. The number of unbranched alkanes of at least 4 members (excludes halogenated alkanes) is 11. The fraction of sp³-hybridized carbons (Fsp3) is 0.667. The lowest BCUT2D eigenvalue weighted by atomic mass is 10.1. The minimum atomic E-state index is -3.94. The lowest BCUT2D eigenvalue weighted by Gasteiger charge is -2.17. The van der Waals surface area contributed by atoms with Crippen LogP contribution < -0.4 is 4.89 Å². The first-order valence-corrected chi connectivity index (χ1v) is 16.0. The highest BCUT2D eigenvalue weighted by molar-refractivity contribution is 7.48. The number of phosphoric ester groups is 1. The minimum absolute atomic E-state index is 0.0563. The van der Waals surface area contributed by atoms with Crippen molar-refractivity contribution in [1.82, 2.24) is 0 Å². The van der Waals surface area contributed by atoms with E-state index in [0.29, 0.717) is 25.6 Å². The van der Waals surface area contributed by atoms with Gasteiger partial charge in [0.05, 0.1) is 33.0 Å². The van der Waals surface area contributed by atoms with Gasteiger partial charge in [0.1, 0.15) is 0 Å². The van der Waals surface area contributed by atoms with Crippen molar-refractivity contribution in [2.24, 2.45) is 0 Å². The third kappa shape index (κ3) is 14.6. The molecule has 2 aromatic rings. The number of phosphoric acid groups is 1. The van der Waals surface area contributed by atoms with E-state index in [2.05, 4.69) is 6.92 Å². The smallest absolute Gasteiger partial charge is 0.379 e. The first kappa shape index (κ1) is 32.7. The van der Waals surface area contributed by atoms with Crippen molar-refractivity contribution >= 4 is 18.6 Å². The van der Waals surface area contributed by atoms with Crippen molar-refractivity contribution in [3.63, 3.8) is 0 Å². The molecular formula is C30H49O7P. The number of rotatable bonds is 25. The standard InChI is InChI=1S/C30H49O7P/c1-3-5-6-7-8-9-10-11-12-13-14-17-23-34-38(31,35-27-26-33-25-24-32-4-2)37-36-30-22-18-20-28-19-15-16-21-29(28)30/h15-16,18-22H,3-14,17,23-27H2,1-2H3. The van der Waals surface area contributed by atoms with Gasteiger partial charge in [-0.3, -0.25) is 9.05 Å². The van der Waals surface area contributed by atoms with Crippen LogP contribution in [0, 0.1) is 0 Å². The molecule has 216 valence electrons. The lowest BCUT2D eigenvalue weighted by Crippen LogP contribution is -2.11. The van der Waals surface area contributed by atoms with Gasteiger partial charge in [0.2, 0.25) is 0 Å². The minimum Gasteiger partial charge on any atom is -0.379 e. The van der Waals surface area contributed by atoms with Gasteiger partial charge in [-0.15, -0.1) is 0 Å². The number of hydrogen-bond donors (Lipinski definition) is 0. The Morgan fingerprint density at radius 2 is 1.18 bits per heavy atom. The highest BCUT2D eigenvalue weighted by Gasteiger charge is 2.29. The molecular weight excluding hydrogens is 503 g/mol. The van der Waals surface area contributed by atoms with Gasteiger partial charge in [-0.1, -0.05) is 119 Å². The summed E-state index contributed by atoms with van der Waals surface area (Å²) in [6, 6.07) is 13.3. The molecule has 38 heavy (non-hydrogen) atoms. The summed E-state index contributed by atoms with van der Waals surface area (Å²) in [6.07, 6.45) is 14.9. The maximum Gasteiger partial charge on any atom is 0.511 e. The van der Waals surface area contributed by atoms with Crippen molar-refractivity contribution in [2.45, 2.75) is 90.9 Å². The van der Waals surface area contributed by atoms with Crippen molar-refractivity contribution < 1.29 is 32.6 Å². The Morgan fingerprint density at radius 3 is 1.89 bits per heavy atom. The Labute approximate surface area is 230 Å². The molecule has 1 unspecified atom stereocenters. The zero-order chi connectivity index (χ0) is 27.2. The summed E-state index contributed by atoms with van der Waals surface area (Å²) in [7, 11) is -3.94. The molecule has 0 heterocycles. The van der Waals surface area contributed by atoms with Gasteiger partial charge in [0.25, 0.3) is 0 Å². The van der Waals surface area contributed by atoms with Crippen LogP contribution in [0.5, 0.6) is 5.75 Å². The van der Waals surface area contributed by atoms with Gasteiger partial charge in [-0.05, 0) is 24.8 Å². The summed E-state index contributed by atoms with van der Waals surface area (Å²) in [4.78, 5) is 5.48. The summed E-state index contributed by atoms with van der Waals surface area (Å²) >= 11 is 0. The Hall–Kier alpha value is -1.47. The van der Waals surface area contributed by atoms with E-state index in [0.717, 1.165) is 30.0 Å². The van der Waals surface area contributed by atoms with Gasteiger partial charge in [0.15, 0.2) is 5.75 Å². The van der Waals surface area contributed by atoms with Crippen LogP contribution in [-0.4, -0.2) is 39.6 Å². The summed E-state index contributed by atoms with van der Waals surface area (Å²) in [6.45, 7) is 6.35. The molecule has 0 saturated heterocycles. The van der Waals surface area contributed by atoms with Crippen molar-refractivity contribution in [3.05, 3.63) is 42.5 Å². The van der Waals surface area contributed by atoms with Crippen LogP contribution >= 0.6 is 7.82 Å². The third-order valence-corrected chi connectivity index (χ3v) is 7.52. The van der Waals surface area contributed by atoms with Gasteiger partial charge in [-0.25, -0.2) is 4.57 Å². The predicted molar refractivity (Wildman–Crippen MR) is 154 cm³/mol. The number of hydrogen-bond acceptors (Lipinski definition) is 7. The fourth-order valence-electron chi connectivity index (χ4n) is 4.13. The molecule has 0 aliphatic rings. The average Bonchev–Trinajstić information content (AvgIpc) is 2.94. The van der Waals surface area contributed by atoms with Gasteiger partial charge >= 0.3 is 7.82 Å². The Kier molecular flexibility index (Phi) is 18.4. The lowest BCUT2D eigenvalue weighted by molar-refractivity contribution is -0.132. The van der Waals surface area contributed by atoms with Crippen LogP contribution in [0.3, 0.4) is 0 Å². The molecule has 0 spiro atoms. The molecule has 0 radical (unpaired) electrons. The molecule has 0 aromatic heterocycles. The third-order valence-electron chi connectivity index (χ3n) is 6.27. The van der Waals surface area contributed by atoms with E-state index in [1.165, 1.54) is 57.8 Å². The number of benzene rings is 2. The molecule has 0 saturated carbocycles. The van der Waals surface area contributed by atoms with E-state index >= 15 is 0 Å². The van der Waals surface area contributed by atoms with Crippen LogP contribution in [0.2, 0.25) is 0 Å². The number of ether oxygens (including phenoxy) is 2. The number of fused-ring (bicyclic) bond motifs is 1. The molecule has 8 heteroatoms. The molecule has 2 rings (SSSR count). The Balaban J connectivity index is 1.70.